The summed E-state index contributed by atoms with van der Waals surface area (Å²) in [7, 11) is 0. The van der Waals surface area contributed by atoms with E-state index in [0.29, 0.717) is 18.8 Å². The number of hydrogen-bond acceptors (Lipinski definition) is 4. The molecule has 2 rings (SSSR count). The molecule has 0 fully saturated rings. The van der Waals surface area contributed by atoms with E-state index >= 15 is 0 Å². The lowest BCUT2D eigenvalue weighted by Gasteiger charge is -2.08. The lowest BCUT2D eigenvalue weighted by Crippen LogP contribution is -2.23. The highest BCUT2D eigenvalue weighted by molar-refractivity contribution is 6.32. The minimum atomic E-state index is -0.272. The van der Waals surface area contributed by atoms with Gasteiger partial charge in [0.1, 0.15) is 5.02 Å². The fraction of sp³-hybridized carbons (Fsp3) is 0.364. The highest BCUT2D eigenvalue weighted by atomic mass is 35.5. The van der Waals surface area contributed by atoms with E-state index in [1.807, 2.05) is 6.92 Å². The lowest BCUT2D eigenvalue weighted by molar-refractivity contribution is 0.616. The number of anilines is 1. The Bertz CT molecular complexity index is 563. The molecule has 0 saturated heterocycles. The number of hydrogen-bond donors (Lipinski definition) is 2. The van der Waals surface area contributed by atoms with Crippen LogP contribution in [0.15, 0.2) is 23.5 Å². The average Bonchev–Trinajstić information content (AvgIpc) is 2.88. The van der Waals surface area contributed by atoms with Gasteiger partial charge < -0.3 is 10.3 Å². The van der Waals surface area contributed by atoms with E-state index in [9.17, 15) is 4.79 Å². The van der Waals surface area contributed by atoms with Crippen LogP contribution in [0.2, 0.25) is 5.02 Å². The van der Waals surface area contributed by atoms with Crippen LogP contribution in [-0.4, -0.2) is 26.3 Å². The van der Waals surface area contributed by atoms with Crippen LogP contribution in [0.25, 0.3) is 0 Å². The van der Waals surface area contributed by atoms with Gasteiger partial charge in [-0.3, -0.25) is 4.79 Å². The number of nitrogens with zero attached hydrogens (tertiary/aromatic N) is 3. The maximum Gasteiger partial charge on any atom is 0.287 e. The van der Waals surface area contributed by atoms with Crippen molar-refractivity contribution in [1.82, 2.24) is 19.7 Å². The zero-order valence-corrected chi connectivity index (χ0v) is 10.7. The van der Waals surface area contributed by atoms with Gasteiger partial charge in [0, 0.05) is 31.4 Å². The summed E-state index contributed by atoms with van der Waals surface area (Å²) in [4.78, 5) is 18.7. The molecule has 7 heteroatoms. The van der Waals surface area contributed by atoms with Crippen LogP contribution >= 0.6 is 11.6 Å². The third-order valence-corrected chi connectivity index (χ3v) is 2.91. The molecule has 2 N–H and O–H groups in total. The van der Waals surface area contributed by atoms with Gasteiger partial charge >= 0.3 is 0 Å². The van der Waals surface area contributed by atoms with Crippen LogP contribution in [0.3, 0.4) is 0 Å². The van der Waals surface area contributed by atoms with Crippen molar-refractivity contribution in [2.24, 2.45) is 0 Å². The monoisotopic (exact) mass is 267 g/mol. The highest BCUT2D eigenvalue weighted by Gasteiger charge is 2.07. The normalized spacial score (nSPS) is 10.6. The summed E-state index contributed by atoms with van der Waals surface area (Å²) >= 11 is 5.98. The van der Waals surface area contributed by atoms with Crippen molar-refractivity contribution >= 4 is 17.3 Å². The zero-order valence-electron chi connectivity index (χ0n) is 9.98. The summed E-state index contributed by atoms with van der Waals surface area (Å²) in [5.74, 6) is 0. The molecular formula is C11H14ClN5O. The van der Waals surface area contributed by atoms with Crippen molar-refractivity contribution in [2.45, 2.75) is 19.9 Å². The molecule has 0 spiro atoms. The molecule has 96 valence electrons. The lowest BCUT2D eigenvalue weighted by atomic mass is 10.3. The summed E-state index contributed by atoms with van der Waals surface area (Å²) in [6, 6.07) is 0. The Kier molecular flexibility index (Phi) is 3.99. The molecule has 2 aromatic heterocycles. The topological polar surface area (TPSA) is 75.6 Å². The second-order valence-corrected chi connectivity index (χ2v) is 4.12. The van der Waals surface area contributed by atoms with Crippen LogP contribution in [0.1, 0.15) is 12.6 Å². The van der Waals surface area contributed by atoms with E-state index in [1.165, 1.54) is 4.68 Å². The molecule has 2 aromatic rings. The molecule has 0 unspecified atom stereocenters. The number of aryl methyl sites for hydroxylation is 1. The molecule has 0 aliphatic heterocycles. The molecule has 0 aliphatic rings. The van der Waals surface area contributed by atoms with Gasteiger partial charge in [0.15, 0.2) is 0 Å². The van der Waals surface area contributed by atoms with Crippen LogP contribution in [0.5, 0.6) is 0 Å². The molecule has 0 atom stereocenters. The Hall–Kier alpha value is -1.82. The number of nitrogens with one attached hydrogen (secondary N) is 2. The summed E-state index contributed by atoms with van der Waals surface area (Å²) in [6.07, 6.45) is 5.73. The van der Waals surface area contributed by atoms with E-state index in [-0.39, 0.29) is 10.6 Å². The van der Waals surface area contributed by atoms with Crippen LogP contribution in [0.4, 0.5) is 5.69 Å². The van der Waals surface area contributed by atoms with Gasteiger partial charge in [-0.25, -0.2) is 9.67 Å². The molecular weight excluding hydrogens is 254 g/mol. The van der Waals surface area contributed by atoms with Gasteiger partial charge in [0.25, 0.3) is 5.56 Å². The number of aromatic amines is 1. The Labute approximate surface area is 109 Å². The quantitative estimate of drug-likeness (QED) is 0.856. The van der Waals surface area contributed by atoms with Crippen molar-refractivity contribution in [3.05, 3.63) is 39.8 Å². The van der Waals surface area contributed by atoms with Gasteiger partial charge in [-0.15, -0.1) is 0 Å². The van der Waals surface area contributed by atoms with E-state index < -0.39 is 0 Å². The molecule has 0 saturated carbocycles. The van der Waals surface area contributed by atoms with Crippen LogP contribution in [-0.2, 0) is 13.0 Å². The fourth-order valence-electron chi connectivity index (χ4n) is 1.57. The third-order valence-electron chi connectivity index (χ3n) is 2.55. The minimum Gasteiger partial charge on any atom is -0.382 e. The number of aromatic nitrogens is 4. The zero-order chi connectivity index (χ0) is 13.0. The van der Waals surface area contributed by atoms with E-state index in [4.69, 9.17) is 11.6 Å². The maximum absolute atomic E-state index is 11.7. The Morgan fingerprint density at radius 2 is 2.33 bits per heavy atom. The third kappa shape index (κ3) is 2.70. The summed E-state index contributed by atoms with van der Waals surface area (Å²) in [5.41, 5.74) is 1.31. The van der Waals surface area contributed by atoms with Crippen molar-refractivity contribution < 1.29 is 0 Å². The number of imidazole rings is 1. The minimum absolute atomic E-state index is 0.177. The largest absolute Gasteiger partial charge is 0.382 e. The van der Waals surface area contributed by atoms with E-state index in [2.05, 4.69) is 20.4 Å². The van der Waals surface area contributed by atoms with Gasteiger partial charge in [-0.05, 0) is 6.92 Å². The van der Waals surface area contributed by atoms with Crippen molar-refractivity contribution in [3.63, 3.8) is 0 Å². The summed E-state index contributed by atoms with van der Waals surface area (Å²) in [6.45, 7) is 3.00. The molecule has 0 aromatic carbocycles. The van der Waals surface area contributed by atoms with Crippen LogP contribution < -0.4 is 10.9 Å². The van der Waals surface area contributed by atoms with Crippen molar-refractivity contribution in [3.8, 4) is 0 Å². The second-order valence-electron chi connectivity index (χ2n) is 3.75. The van der Waals surface area contributed by atoms with E-state index in [0.717, 1.165) is 12.1 Å². The van der Waals surface area contributed by atoms with Gasteiger partial charge in [0.2, 0.25) is 0 Å². The van der Waals surface area contributed by atoms with Crippen molar-refractivity contribution in [2.75, 3.05) is 11.9 Å². The summed E-state index contributed by atoms with van der Waals surface area (Å²) < 4.78 is 1.32. The molecule has 0 aliphatic carbocycles. The standard InChI is InChI=1S/C11H14ClN5O/c1-2-17-11(18)10(12)9(6-16-17)14-4-3-8-5-13-7-15-8/h5-7,14H,2-4H2,1H3,(H,13,15). The smallest absolute Gasteiger partial charge is 0.287 e. The SMILES string of the molecule is CCn1ncc(NCCc2cnc[nH]2)c(Cl)c1=O. The second kappa shape index (κ2) is 5.68. The number of H-pyrrole nitrogens is 1. The number of halogens is 1. The Balaban J connectivity index is 2.02. The van der Waals surface area contributed by atoms with Crippen molar-refractivity contribution in [1.29, 1.82) is 0 Å². The van der Waals surface area contributed by atoms with Crippen LogP contribution in [0, 0.1) is 0 Å². The Morgan fingerprint density at radius 3 is 3.00 bits per heavy atom. The first-order valence-corrected chi connectivity index (χ1v) is 6.07. The molecule has 0 radical (unpaired) electrons. The first-order valence-electron chi connectivity index (χ1n) is 5.69. The summed E-state index contributed by atoms with van der Waals surface area (Å²) in [5, 5.41) is 7.28. The first kappa shape index (κ1) is 12.6. The first-order chi connectivity index (χ1) is 8.72. The van der Waals surface area contributed by atoms with Gasteiger partial charge in [0.05, 0.1) is 18.2 Å². The molecule has 2 heterocycles. The molecule has 0 amide bonds. The van der Waals surface area contributed by atoms with E-state index in [1.54, 1.807) is 18.7 Å². The van der Waals surface area contributed by atoms with Gasteiger partial charge in [-0.2, -0.15) is 5.10 Å². The predicted octanol–water partition coefficient (Wildman–Crippen LogP) is 1.29. The molecule has 18 heavy (non-hydrogen) atoms. The Morgan fingerprint density at radius 1 is 1.50 bits per heavy atom. The highest BCUT2D eigenvalue weighted by Crippen LogP contribution is 2.14. The average molecular weight is 268 g/mol. The number of rotatable bonds is 5. The van der Waals surface area contributed by atoms with Gasteiger partial charge in [-0.1, -0.05) is 11.6 Å². The fourth-order valence-corrected chi connectivity index (χ4v) is 1.78. The molecule has 6 nitrogen and oxygen atoms in total. The molecule has 0 bridgehead atoms. The predicted molar refractivity (Wildman–Crippen MR) is 70.0 cm³/mol. The maximum atomic E-state index is 11.7.